The monoisotopic (exact) mass is 300 g/mol. The molecule has 0 atom stereocenters. The molecule has 0 aliphatic heterocycles. The molecule has 2 aromatic carbocycles. The highest BCUT2D eigenvalue weighted by molar-refractivity contribution is 5.92. The van der Waals surface area contributed by atoms with E-state index in [0.29, 0.717) is 5.75 Å². The summed E-state index contributed by atoms with van der Waals surface area (Å²) >= 11 is 0. The van der Waals surface area contributed by atoms with Crippen LogP contribution in [0.25, 0.3) is 0 Å². The third-order valence-electron chi connectivity index (χ3n) is 3.08. The summed E-state index contributed by atoms with van der Waals surface area (Å²) in [5, 5.41) is 13.3. The number of carbonyl (C=O) groups is 1. The molecular weight excluding hydrogens is 284 g/mol. The van der Waals surface area contributed by atoms with E-state index in [1.807, 2.05) is 32.0 Å². The van der Waals surface area contributed by atoms with Crippen molar-refractivity contribution >= 4 is 17.3 Å². The molecule has 1 amide bonds. The zero-order valence-electron chi connectivity index (χ0n) is 12.3. The predicted molar refractivity (Wildman–Crippen MR) is 83.1 cm³/mol. The van der Waals surface area contributed by atoms with Gasteiger partial charge in [0.2, 0.25) is 0 Å². The van der Waals surface area contributed by atoms with E-state index in [9.17, 15) is 14.9 Å². The molecule has 0 heterocycles. The first-order valence-electron chi connectivity index (χ1n) is 6.70. The fourth-order valence-corrected chi connectivity index (χ4v) is 1.87. The van der Waals surface area contributed by atoms with Crippen LogP contribution in [0.1, 0.15) is 11.1 Å². The third kappa shape index (κ3) is 4.05. The van der Waals surface area contributed by atoms with Gasteiger partial charge in [0.25, 0.3) is 11.6 Å². The number of ether oxygens (including phenoxy) is 1. The van der Waals surface area contributed by atoms with E-state index in [2.05, 4.69) is 5.32 Å². The van der Waals surface area contributed by atoms with Crippen molar-refractivity contribution in [2.75, 3.05) is 11.9 Å². The number of non-ortho nitro benzene ring substituents is 1. The first kappa shape index (κ1) is 15.5. The van der Waals surface area contributed by atoms with E-state index in [1.165, 1.54) is 24.3 Å². The minimum atomic E-state index is -0.489. The molecule has 0 spiro atoms. The topological polar surface area (TPSA) is 81.5 Å². The standard InChI is InChI=1S/C16H16N2O4/c1-11-3-4-12(2)15(9-11)17-16(19)10-22-14-7-5-13(6-8-14)18(20)21/h3-9H,10H2,1-2H3,(H,17,19). The van der Waals surface area contributed by atoms with Crippen LogP contribution in [0.5, 0.6) is 5.75 Å². The number of nitrogens with one attached hydrogen (secondary N) is 1. The highest BCUT2D eigenvalue weighted by Crippen LogP contribution is 2.18. The van der Waals surface area contributed by atoms with Gasteiger partial charge in [0.15, 0.2) is 6.61 Å². The van der Waals surface area contributed by atoms with Crippen LogP contribution >= 0.6 is 0 Å². The van der Waals surface area contributed by atoms with Gasteiger partial charge in [-0.25, -0.2) is 0 Å². The lowest BCUT2D eigenvalue weighted by Gasteiger charge is -2.10. The van der Waals surface area contributed by atoms with Gasteiger partial charge in [0.1, 0.15) is 5.75 Å². The number of aryl methyl sites for hydroxylation is 2. The summed E-state index contributed by atoms with van der Waals surface area (Å²) in [7, 11) is 0. The Labute approximate surface area is 127 Å². The predicted octanol–water partition coefficient (Wildman–Crippen LogP) is 3.23. The van der Waals surface area contributed by atoms with Crippen LogP contribution in [0.2, 0.25) is 0 Å². The number of amides is 1. The van der Waals surface area contributed by atoms with Crippen LogP contribution in [0.15, 0.2) is 42.5 Å². The molecule has 2 rings (SSSR count). The number of hydrogen-bond donors (Lipinski definition) is 1. The Morgan fingerprint density at radius 2 is 1.86 bits per heavy atom. The quantitative estimate of drug-likeness (QED) is 0.679. The normalized spacial score (nSPS) is 10.1. The molecule has 0 radical (unpaired) electrons. The molecule has 0 aliphatic carbocycles. The number of hydrogen-bond acceptors (Lipinski definition) is 4. The van der Waals surface area contributed by atoms with Crippen molar-refractivity contribution in [2.24, 2.45) is 0 Å². The lowest BCUT2D eigenvalue weighted by Crippen LogP contribution is -2.20. The van der Waals surface area contributed by atoms with Gasteiger partial charge in [-0.15, -0.1) is 0 Å². The molecule has 0 fully saturated rings. The second kappa shape index (κ2) is 6.71. The van der Waals surface area contributed by atoms with Gasteiger partial charge in [-0.2, -0.15) is 0 Å². The van der Waals surface area contributed by atoms with E-state index in [4.69, 9.17) is 4.74 Å². The summed E-state index contributed by atoms with van der Waals surface area (Å²) in [6.07, 6.45) is 0. The fraction of sp³-hybridized carbons (Fsp3) is 0.188. The fourth-order valence-electron chi connectivity index (χ4n) is 1.87. The third-order valence-corrected chi connectivity index (χ3v) is 3.08. The SMILES string of the molecule is Cc1ccc(C)c(NC(=O)COc2ccc([N+](=O)[O-])cc2)c1. The molecule has 0 saturated carbocycles. The summed E-state index contributed by atoms with van der Waals surface area (Å²) in [5.74, 6) is 0.119. The van der Waals surface area contributed by atoms with E-state index in [0.717, 1.165) is 16.8 Å². The average Bonchev–Trinajstić information content (AvgIpc) is 2.49. The Morgan fingerprint density at radius 3 is 2.50 bits per heavy atom. The molecule has 114 valence electrons. The van der Waals surface area contributed by atoms with Crippen LogP contribution in [-0.2, 0) is 4.79 Å². The number of nitrogens with zero attached hydrogens (tertiary/aromatic N) is 1. The Kier molecular flexibility index (Phi) is 4.73. The Balaban J connectivity index is 1.92. The second-order valence-corrected chi connectivity index (χ2v) is 4.91. The zero-order chi connectivity index (χ0) is 16.1. The smallest absolute Gasteiger partial charge is 0.269 e. The highest BCUT2D eigenvalue weighted by Gasteiger charge is 2.08. The van der Waals surface area contributed by atoms with Gasteiger partial charge in [-0.1, -0.05) is 12.1 Å². The molecule has 0 bridgehead atoms. The summed E-state index contributed by atoms with van der Waals surface area (Å²) in [4.78, 5) is 21.9. The van der Waals surface area contributed by atoms with Crippen molar-refractivity contribution in [3.8, 4) is 5.75 Å². The molecular formula is C16H16N2O4. The largest absolute Gasteiger partial charge is 0.484 e. The Bertz CT molecular complexity index is 696. The molecule has 22 heavy (non-hydrogen) atoms. The van der Waals surface area contributed by atoms with Crippen molar-refractivity contribution in [1.29, 1.82) is 0 Å². The van der Waals surface area contributed by atoms with Gasteiger partial charge in [0, 0.05) is 17.8 Å². The van der Waals surface area contributed by atoms with Crippen molar-refractivity contribution in [2.45, 2.75) is 13.8 Å². The minimum absolute atomic E-state index is 0.0211. The van der Waals surface area contributed by atoms with Crippen molar-refractivity contribution in [3.63, 3.8) is 0 Å². The van der Waals surface area contributed by atoms with Gasteiger partial charge in [-0.05, 0) is 43.2 Å². The Hall–Kier alpha value is -2.89. The van der Waals surface area contributed by atoms with Gasteiger partial charge in [-0.3, -0.25) is 14.9 Å². The van der Waals surface area contributed by atoms with Crippen molar-refractivity contribution < 1.29 is 14.5 Å². The summed E-state index contributed by atoms with van der Waals surface area (Å²) in [6.45, 7) is 3.69. The van der Waals surface area contributed by atoms with E-state index >= 15 is 0 Å². The number of nitro benzene ring substituents is 1. The number of anilines is 1. The molecule has 0 aromatic heterocycles. The van der Waals surface area contributed by atoms with Crippen LogP contribution in [0.4, 0.5) is 11.4 Å². The maximum absolute atomic E-state index is 11.9. The van der Waals surface area contributed by atoms with Crippen LogP contribution in [0.3, 0.4) is 0 Å². The zero-order valence-corrected chi connectivity index (χ0v) is 12.3. The van der Waals surface area contributed by atoms with E-state index in [1.54, 1.807) is 0 Å². The number of benzene rings is 2. The number of rotatable bonds is 5. The average molecular weight is 300 g/mol. The second-order valence-electron chi connectivity index (χ2n) is 4.91. The maximum Gasteiger partial charge on any atom is 0.269 e. The summed E-state index contributed by atoms with van der Waals surface area (Å²) in [6, 6.07) is 11.4. The lowest BCUT2D eigenvalue weighted by atomic mass is 10.1. The van der Waals surface area contributed by atoms with Crippen LogP contribution in [-0.4, -0.2) is 17.4 Å². The van der Waals surface area contributed by atoms with Gasteiger partial charge < -0.3 is 10.1 Å². The first-order valence-corrected chi connectivity index (χ1v) is 6.70. The van der Waals surface area contributed by atoms with Gasteiger partial charge in [0.05, 0.1) is 4.92 Å². The van der Waals surface area contributed by atoms with Crippen molar-refractivity contribution in [1.82, 2.24) is 0 Å². The minimum Gasteiger partial charge on any atom is -0.484 e. The molecule has 6 heteroatoms. The van der Waals surface area contributed by atoms with Crippen molar-refractivity contribution in [3.05, 3.63) is 63.7 Å². The molecule has 6 nitrogen and oxygen atoms in total. The molecule has 0 unspecified atom stereocenters. The summed E-state index contributed by atoms with van der Waals surface area (Å²) in [5.41, 5.74) is 2.75. The number of carbonyl (C=O) groups excluding carboxylic acids is 1. The summed E-state index contributed by atoms with van der Waals surface area (Å²) < 4.78 is 5.31. The van der Waals surface area contributed by atoms with Gasteiger partial charge >= 0.3 is 0 Å². The van der Waals surface area contributed by atoms with E-state index < -0.39 is 4.92 Å². The van der Waals surface area contributed by atoms with E-state index in [-0.39, 0.29) is 18.2 Å². The van der Waals surface area contributed by atoms with Crippen LogP contribution < -0.4 is 10.1 Å². The highest BCUT2D eigenvalue weighted by atomic mass is 16.6. The molecule has 0 saturated heterocycles. The maximum atomic E-state index is 11.9. The first-order chi connectivity index (χ1) is 10.5. The molecule has 1 N–H and O–H groups in total. The molecule has 2 aromatic rings. The Morgan fingerprint density at radius 1 is 1.18 bits per heavy atom. The van der Waals surface area contributed by atoms with Crippen LogP contribution in [0, 0.1) is 24.0 Å². The lowest BCUT2D eigenvalue weighted by molar-refractivity contribution is -0.384. The molecule has 0 aliphatic rings. The number of nitro groups is 1.